The normalized spacial score (nSPS) is 15.7. The van der Waals surface area contributed by atoms with Crippen molar-refractivity contribution in [1.29, 1.82) is 0 Å². The fraction of sp³-hybridized carbons (Fsp3) is 0.118. The van der Waals surface area contributed by atoms with Crippen molar-refractivity contribution in [3.05, 3.63) is 212 Å². The van der Waals surface area contributed by atoms with Crippen molar-refractivity contribution in [3.8, 4) is 17.2 Å². The quantitative estimate of drug-likeness (QED) is 0.103. The minimum absolute atomic E-state index is 0. The molecule has 0 amide bonds. The molecule has 0 heterocycles. The molecule has 9 rings (SSSR count). The molecule has 0 unspecified atom stereocenters. The summed E-state index contributed by atoms with van der Waals surface area (Å²) in [5.74, 6) is 1.01. The molecule has 0 N–H and O–H groups in total. The maximum Gasteiger partial charge on any atom is 3.00 e. The molecular formula is C51H39FeO9. The summed E-state index contributed by atoms with van der Waals surface area (Å²) in [6.07, 6.45) is 1.25. The van der Waals surface area contributed by atoms with Crippen molar-refractivity contribution in [2.45, 2.75) is 19.3 Å². The van der Waals surface area contributed by atoms with Crippen LogP contribution in [0.4, 0.5) is 0 Å². The summed E-state index contributed by atoms with van der Waals surface area (Å²) in [5.41, 5.74) is 7.28. The van der Waals surface area contributed by atoms with Gasteiger partial charge >= 0.3 is 17.1 Å². The summed E-state index contributed by atoms with van der Waals surface area (Å²) in [7, 11) is 4.72. The zero-order chi connectivity index (χ0) is 42.3. The first-order chi connectivity index (χ1) is 29.1. The van der Waals surface area contributed by atoms with Crippen LogP contribution < -0.4 is 29.5 Å². The SMILES string of the molecule is COc1ccc(/C([O-])=C2\Cc3ccccc3C2=O)cc1.COc1ccc(/C([O-])=C2\Cc3ccccc3C2=O)cc1.COc1ccc(/C([O-])=C2\Cc3ccccc3C2=O)cc1.[Fe+3]. The number of Topliss-reactive ketones (excluding diaryl/α,β-unsaturated/α-hetero) is 3. The van der Waals surface area contributed by atoms with Gasteiger partial charge in [0.2, 0.25) is 0 Å². The van der Waals surface area contributed by atoms with Gasteiger partial charge in [-0.25, -0.2) is 0 Å². The predicted molar refractivity (Wildman–Crippen MR) is 223 cm³/mol. The summed E-state index contributed by atoms with van der Waals surface area (Å²) in [6.45, 7) is 0. The number of rotatable bonds is 6. The molecule has 6 aromatic rings. The van der Waals surface area contributed by atoms with Crippen LogP contribution in [0, 0.1) is 0 Å². The van der Waals surface area contributed by atoms with Gasteiger partial charge in [-0.2, -0.15) is 0 Å². The number of ketones is 3. The Hall–Kier alpha value is -7.13. The molecular weight excluding hydrogens is 812 g/mol. The summed E-state index contributed by atoms with van der Waals surface area (Å²) < 4.78 is 15.2. The molecule has 0 fully saturated rings. The Morgan fingerprint density at radius 1 is 0.377 bits per heavy atom. The molecule has 0 atom stereocenters. The van der Waals surface area contributed by atoms with E-state index in [1.165, 1.54) is 0 Å². The minimum atomic E-state index is -0.200. The molecule has 3 aliphatic rings. The summed E-state index contributed by atoms with van der Waals surface area (Å²) >= 11 is 0. The van der Waals surface area contributed by atoms with Crippen molar-refractivity contribution < 1.29 is 61.0 Å². The number of hydrogen-bond acceptors (Lipinski definition) is 9. The topological polar surface area (TPSA) is 148 Å². The Labute approximate surface area is 364 Å². The first kappa shape index (κ1) is 43.4. The first-order valence-corrected chi connectivity index (χ1v) is 19.1. The van der Waals surface area contributed by atoms with Gasteiger partial charge in [0.15, 0.2) is 17.3 Å². The molecule has 10 heteroatoms. The fourth-order valence-electron chi connectivity index (χ4n) is 7.29. The van der Waals surface area contributed by atoms with Crippen molar-refractivity contribution in [1.82, 2.24) is 0 Å². The second-order valence-electron chi connectivity index (χ2n) is 14.1. The number of fused-ring (bicyclic) bond motifs is 3. The molecule has 0 spiro atoms. The molecule has 0 aliphatic heterocycles. The van der Waals surface area contributed by atoms with E-state index in [2.05, 4.69) is 0 Å². The maximum atomic E-state index is 12.4. The van der Waals surface area contributed by atoms with Gasteiger partial charge in [0.1, 0.15) is 17.2 Å². The van der Waals surface area contributed by atoms with E-state index in [1.807, 2.05) is 54.6 Å². The van der Waals surface area contributed by atoms with E-state index in [0.29, 0.717) is 86.6 Å². The van der Waals surface area contributed by atoms with Crippen LogP contribution >= 0.6 is 0 Å². The van der Waals surface area contributed by atoms with Gasteiger partial charge in [-0.05, 0) is 86.5 Å². The number of carbonyl (C=O) groups excluding carboxylic acids is 3. The number of carbonyl (C=O) groups is 3. The Bertz CT molecular complexity index is 2390. The van der Waals surface area contributed by atoms with E-state index in [4.69, 9.17) is 14.2 Å². The molecule has 6 aromatic carbocycles. The van der Waals surface area contributed by atoms with Gasteiger partial charge in [-0.1, -0.05) is 126 Å². The van der Waals surface area contributed by atoms with Crippen molar-refractivity contribution in [2.75, 3.05) is 21.3 Å². The molecule has 0 aromatic heterocycles. The zero-order valence-corrected chi connectivity index (χ0v) is 34.6. The second kappa shape index (κ2) is 19.3. The molecule has 61 heavy (non-hydrogen) atoms. The summed E-state index contributed by atoms with van der Waals surface area (Å²) in [4.78, 5) is 36.8. The third-order valence-corrected chi connectivity index (χ3v) is 10.6. The molecule has 3 aliphatic carbocycles. The van der Waals surface area contributed by atoms with Gasteiger partial charge in [-0.15, -0.1) is 0 Å². The van der Waals surface area contributed by atoms with Crippen LogP contribution in [-0.2, 0) is 36.3 Å². The van der Waals surface area contributed by atoms with Crippen LogP contribution in [0.15, 0.2) is 162 Å². The molecule has 1 radical (unpaired) electrons. The third kappa shape index (κ3) is 9.21. The monoisotopic (exact) mass is 851 g/mol. The Morgan fingerprint density at radius 3 is 0.820 bits per heavy atom. The molecule has 305 valence electrons. The molecule has 0 bridgehead atoms. The van der Waals surface area contributed by atoms with Crippen molar-refractivity contribution >= 4 is 34.6 Å². The Balaban J connectivity index is 0.000000152. The maximum absolute atomic E-state index is 12.4. The van der Waals surface area contributed by atoms with E-state index in [1.54, 1.807) is 112 Å². The van der Waals surface area contributed by atoms with Crippen LogP contribution in [0.2, 0.25) is 0 Å². The van der Waals surface area contributed by atoms with Gasteiger partial charge < -0.3 is 29.5 Å². The third-order valence-electron chi connectivity index (χ3n) is 10.6. The minimum Gasteiger partial charge on any atom is -0.872 e. The summed E-state index contributed by atoms with van der Waals surface area (Å²) in [5, 5.41) is 37.3. The van der Waals surface area contributed by atoms with E-state index < -0.39 is 0 Å². The van der Waals surface area contributed by atoms with Gasteiger partial charge in [0.05, 0.1) is 21.3 Å². The van der Waals surface area contributed by atoms with Crippen LogP contribution in [-0.4, -0.2) is 38.7 Å². The van der Waals surface area contributed by atoms with E-state index in [9.17, 15) is 29.7 Å². The van der Waals surface area contributed by atoms with E-state index >= 15 is 0 Å². The second-order valence-corrected chi connectivity index (χ2v) is 14.1. The number of methoxy groups -OCH3 is 3. The molecule has 0 saturated heterocycles. The van der Waals surface area contributed by atoms with Gasteiger partial charge in [0.25, 0.3) is 0 Å². The van der Waals surface area contributed by atoms with Crippen LogP contribution in [0.1, 0.15) is 64.5 Å². The Kier molecular flexibility index (Phi) is 13.7. The standard InChI is InChI=1S/3C17H14O3.Fe/c3*1-20-13-8-6-11(7-9-13)16(18)15-10-12-4-2-3-5-14(12)17(15)19;/h3*2-9,18H,10H2,1H3;/q;;;+3/p-3/b3*16-15-;. The van der Waals surface area contributed by atoms with Crippen molar-refractivity contribution in [3.63, 3.8) is 0 Å². The largest absolute Gasteiger partial charge is 3.00 e. The van der Waals surface area contributed by atoms with E-state index in [-0.39, 0.29) is 51.7 Å². The van der Waals surface area contributed by atoms with Crippen LogP contribution in [0.5, 0.6) is 17.2 Å². The van der Waals surface area contributed by atoms with Crippen LogP contribution in [0.3, 0.4) is 0 Å². The number of allylic oxidation sites excluding steroid dienone is 3. The van der Waals surface area contributed by atoms with Crippen LogP contribution in [0.25, 0.3) is 17.3 Å². The first-order valence-electron chi connectivity index (χ1n) is 19.1. The van der Waals surface area contributed by atoms with Gasteiger partial charge in [-0.3, -0.25) is 14.4 Å². The fourth-order valence-corrected chi connectivity index (χ4v) is 7.29. The molecule has 0 saturated carbocycles. The number of hydrogen-bond donors (Lipinski definition) is 0. The van der Waals surface area contributed by atoms with E-state index in [0.717, 1.165) is 16.7 Å². The Morgan fingerprint density at radius 2 is 0.607 bits per heavy atom. The van der Waals surface area contributed by atoms with Gasteiger partial charge in [0, 0.05) is 36.0 Å². The smallest absolute Gasteiger partial charge is 0.872 e. The number of ether oxygens (including phenoxy) is 3. The average Bonchev–Trinajstić information content (AvgIpc) is 3.95. The average molecular weight is 852 g/mol. The van der Waals surface area contributed by atoms with Crippen molar-refractivity contribution in [2.24, 2.45) is 0 Å². The number of benzene rings is 6. The predicted octanol–water partition coefficient (Wildman–Crippen LogP) is 6.61. The zero-order valence-electron chi connectivity index (χ0n) is 33.5. The summed E-state index contributed by atoms with van der Waals surface area (Å²) in [6, 6.07) is 42.5. The molecule has 9 nitrogen and oxygen atoms in total.